The van der Waals surface area contributed by atoms with E-state index < -0.39 is 0 Å². The van der Waals surface area contributed by atoms with Crippen LogP contribution in [0.3, 0.4) is 0 Å². The molecule has 0 saturated carbocycles. The van der Waals surface area contributed by atoms with Gasteiger partial charge >= 0.3 is 0 Å². The first-order valence-corrected chi connectivity index (χ1v) is 6.78. The van der Waals surface area contributed by atoms with E-state index in [2.05, 4.69) is 48.5 Å². The highest BCUT2D eigenvalue weighted by Crippen LogP contribution is 2.38. The molecule has 0 aromatic heterocycles. The van der Waals surface area contributed by atoms with E-state index in [4.69, 9.17) is 5.73 Å². The summed E-state index contributed by atoms with van der Waals surface area (Å²) in [5.74, 6) is 1.59. The zero-order valence-corrected chi connectivity index (χ0v) is 12.6. The maximum atomic E-state index is 5.99. The molecule has 0 amide bonds. The lowest BCUT2D eigenvalue weighted by molar-refractivity contribution is 0.155. The summed E-state index contributed by atoms with van der Waals surface area (Å²) in [4.78, 5) is 0. The van der Waals surface area contributed by atoms with Crippen molar-refractivity contribution in [3.8, 4) is 0 Å². The molecule has 1 heteroatoms. The van der Waals surface area contributed by atoms with Gasteiger partial charge < -0.3 is 5.73 Å². The average molecular weight is 227 g/mol. The Hall–Kier alpha value is -0.0400. The Morgan fingerprint density at radius 3 is 1.81 bits per heavy atom. The van der Waals surface area contributed by atoms with Gasteiger partial charge in [0.1, 0.15) is 0 Å². The topological polar surface area (TPSA) is 26.0 Å². The van der Waals surface area contributed by atoms with Crippen LogP contribution >= 0.6 is 0 Å². The van der Waals surface area contributed by atoms with Crippen LogP contribution < -0.4 is 5.73 Å². The summed E-state index contributed by atoms with van der Waals surface area (Å²) >= 11 is 0. The molecular formula is C15H33N. The lowest BCUT2D eigenvalue weighted by Gasteiger charge is -2.37. The number of hydrogen-bond acceptors (Lipinski definition) is 1. The summed E-state index contributed by atoms with van der Waals surface area (Å²) < 4.78 is 0. The monoisotopic (exact) mass is 227 g/mol. The first-order chi connectivity index (χ1) is 7.08. The summed E-state index contributed by atoms with van der Waals surface area (Å²) in [5.41, 5.74) is 6.69. The standard InChI is InChI=1S/C15H33N/c1-12(2)8-13(3)9-15(7,11-16)10-14(4,5)6/h12-13H,8-11,16H2,1-7H3. The van der Waals surface area contributed by atoms with Gasteiger partial charge in [0.25, 0.3) is 0 Å². The zero-order valence-electron chi connectivity index (χ0n) is 12.6. The molecule has 0 aromatic rings. The number of rotatable bonds is 6. The molecule has 16 heavy (non-hydrogen) atoms. The van der Waals surface area contributed by atoms with Crippen LogP contribution in [0.15, 0.2) is 0 Å². The normalized spacial score (nSPS) is 18.6. The quantitative estimate of drug-likeness (QED) is 0.712. The minimum atomic E-state index is 0.312. The van der Waals surface area contributed by atoms with Crippen LogP contribution in [0, 0.1) is 22.7 Å². The largest absolute Gasteiger partial charge is 0.330 e. The third-order valence-corrected chi connectivity index (χ3v) is 3.16. The Bertz CT molecular complexity index is 190. The van der Waals surface area contributed by atoms with Crippen molar-refractivity contribution in [1.29, 1.82) is 0 Å². The average Bonchev–Trinajstić information content (AvgIpc) is 1.98. The summed E-state index contributed by atoms with van der Waals surface area (Å²) in [6.07, 6.45) is 3.80. The van der Waals surface area contributed by atoms with E-state index in [0.717, 1.165) is 18.4 Å². The molecule has 0 aliphatic rings. The first-order valence-electron chi connectivity index (χ1n) is 6.78. The summed E-state index contributed by atoms with van der Waals surface area (Å²) in [6.45, 7) is 17.1. The molecule has 98 valence electrons. The van der Waals surface area contributed by atoms with Gasteiger partial charge in [0.2, 0.25) is 0 Å². The minimum Gasteiger partial charge on any atom is -0.330 e. The summed E-state index contributed by atoms with van der Waals surface area (Å²) in [7, 11) is 0. The Morgan fingerprint density at radius 2 is 1.50 bits per heavy atom. The molecular weight excluding hydrogens is 194 g/mol. The van der Waals surface area contributed by atoms with Gasteiger partial charge in [-0.15, -0.1) is 0 Å². The second-order valence-corrected chi connectivity index (χ2v) is 7.69. The molecule has 0 saturated heterocycles. The SMILES string of the molecule is CC(C)CC(C)CC(C)(CN)CC(C)(C)C. The molecule has 0 aliphatic heterocycles. The molecule has 2 atom stereocenters. The second-order valence-electron chi connectivity index (χ2n) is 7.69. The van der Waals surface area contributed by atoms with Gasteiger partial charge in [-0.3, -0.25) is 0 Å². The molecule has 0 rings (SSSR count). The molecule has 2 N–H and O–H groups in total. The van der Waals surface area contributed by atoms with E-state index >= 15 is 0 Å². The van der Waals surface area contributed by atoms with E-state index in [9.17, 15) is 0 Å². The fourth-order valence-corrected chi connectivity index (χ4v) is 3.24. The van der Waals surface area contributed by atoms with Gasteiger partial charge in [0.15, 0.2) is 0 Å². The van der Waals surface area contributed by atoms with Crippen molar-refractivity contribution >= 4 is 0 Å². The van der Waals surface area contributed by atoms with Crippen LogP contribution in [-0.2, 0) is 0 Å². The van der Waals surface area contributed by atoms with Crippen molar-refractivity contribution in [3.63, 3.8) is 0 Å². The molecule has 0 heterocycles. The third-order valence-electron chi connectivity index (χ3n) is 3.16. The van der Waals surface area contributed by atoms with Crippen LogP contribution in [0.5, 0.6) is 0 Å². The van der Waals surface area contributed by atoms with E-state index in [-0.39, 0.29) is 0 Å². The number of nitrogens with two attached hydrogens (primary N) is 1. The zero-order chi connectivity index (χ0) is 13.0. The fourth-order valence-electron chi connectivity index (χ4n) is 3.24. The van der Waals surface area contributed by atoms with Gasteiger partial charge in [-0.2, -0.15) is 0 Å². The lowest BCUT2D eigenvalue weighted by atomic mass is 9.70. The van der Waals surface area contributed by atoms with Crippen LogP contribution in [0.4, 0.5) is 0 Å². The highest BCUT2D eigenvalue weighted by Gasteiger charge is 2.30. The van der Waals surface area contributed by atoms with E-state index in [1.54, 1.807) is 0 Å². The maximum Gasteiger partial charge on any atom is -0.00229 e. The molecule has 0 aliphatic carbocycles. The van der Waals surface area contributed by atoms with Crippen molar-refractivity contribution < 1.29 is 0 Å². The fraction of sp³-hybridized carbons (Fsp3) is 1.00. The predicted octanol–water partition coefficient (Wildman–Crippen LogP) is 4.46. The molecule has 0 spiro atoms. The molecule has 0 fully saturated rings. The van der Waals surface area contributed by atoms with Gasteiger partial charge in [0, 0.05) is 0 Å². The van der Waals surface area contributed by atoms with Crippen molar-refractivity contribution in [2.75, 3.05) is 6.54 Å². The van der Waals surface area contributed by atoms with E-state index in [0.29, 0.717) is 10.8 Å². The van der Waals surface area contributed by atoms with Crippen LogP contribution in [0.2, 0.25) is 0 Å². The highest BCUT2D eigenvalue weighted by molar-refractivity contribution is 4.83. The lowest BCUT2D eigenvalue weighted by Crippen LogP contribution is -2.33. The Kier molecular flexibility index (Phi) is 6.03. The molecule has 0 aromatic carbocycles. The van der Waals surface area contributed by atoms with E-state index in [1.807, 2.05) is 0 Å². The molecule has 2 unspecified atom stereocenters. The van der Waals surface area contributed by atoms with Crippen molar-refractivity contribution in [2.45, 2.75) is 67.7 Å². The Balaban J connectivity index is 4.36. The third kappa shape index (κ3) is 7.27. The maximum absolute atomic E-state index is 5.99. The van der Waals surface area contributed by atoms with Gasteiger partial charge in [-0.05, 0) is 48.5 Å². The van der Waals surface area contributed by atoms with Crippen molar-refractivity contribution in [2.24, 2.45) is 28.4 Å². The predicted molar refractivity (Wildman–Crippen MR) is 74.5 cm³/mol. The minimum absolute atomic E-state index is 0.312. The van der Waals surface area contributed by atoms with Gasteiger partial charge in [0.05, 0.1) is 0 Å². The highest BCUT2D eigenvalue weighted by atomic mass is 14.6. The van der Waals surface area contributed by atoms with Crippen LogP contribution in [-0.4, -0.2) is 6.54 Å². The van der Waals surface area contributed by atoms with Crippen LogP contribution in [0.1, 0.15) is 67.7 Å². The second kappa shape index (κ2) is 6.05. The molecule has 1 nitrogen and oxygen atoms in total. The Labute approximate surface area is 103 Å². The molecule has 0 radical (unpaired) electrons. The number of hydrogen-bond donors (Lipinski definition) is 1. The van der Waals surface area contributed by atoms with Crippen molar-refractivity contribution in [3.05, 3.63) is 0 Å². The van der Waals surface area contributed by atoms with Gasteiger partial charge in [-0.1, -0.05) is 48.5 Å². The van der Waals surface area contributed by atoms with E-state index in [1.165, 1.54) is 19.3 Å². The Morgan fingerprint density at radius 1 is 1.00 bits per heavy atom. The molecule has 0 bridgehead atoms. The smallest absolute Gasteiger partial charge is 0.00229 e. The summed E-state index contributed by atoms with van der Waals surface area (Å²) in [5, 5.41) is 0. The van der Waals surface area contributed by atoms with Crippen LogP contribution in [0.25, 0.3) is 0 Å². The van der Waals surface area contributed by atoms with Gasteiger partial charge in [-0.25, -0.2) is 0 Å². The first kappa shape index (κ1) is 16.0. The van der Waals surface area contributed by atoms with Crippen molar-refractivity contribution in [1.82, 2.24) is 0 Å². The summed E-state index contributed by atoms with van der Waals surface area (Å²) in [6, 6.07) is 0.